The Hall–Kier alpha value is -1.53. The fourth-order valence-electron chi connectivity index (χ4n) is 2.46. The summed E-state index contributed by atoms with van der Waals surface area (Å²) in [6, 6.07) is 2.01. The van der Waals surface area contributed by atoms with Crippen LogP contribution in [0.3, 0.4) is 0 Å². The Kier molecular flexibility index (Phi) is 5.23. The van der Waals surface area contributed by atoms with Crippen molar-refractivity contribution in [3.05, 3.63) is 18.5 Å². The van der Waals surface area contributed by atoms with Crippen molar-refractivity contribution in [1.29, 1.82) is 0 Å². The van der Waals surface area contributed by atoms with Gasteiger partial charge < -0.3 is 5.11 Å². The highest BCUT2D eigenvalue weighted by atomic mass is 16.3. The van der Waals surface area contributed by atoms with E-state index < -0.39 is 0 Å². The smallest absolute Gasteiger partial charge is 0.240 e. The maximum Gasteiger partial charge on any atom is 0.240 e. The Bertz CT molecular complexity index is 397. The van der Waals surface area contributed by atoms with E-state index in [9.17, 15) is 4.79 Å². The Morgan fingerprint density at radius 2 is 2.21 bits per heavy atom. The van der Waals surface area contributed by atoms with Crippen LogP contribution in [0.5, 0.6) is 0 Å². The van der Waals surface area contributed by atoms with Crippen LogP contribution in [0.1, 0.15) is 25.7 Å². The van der Waals surface area contributed by atoms with Crippen molar-refractivity contribution >= 4 is 11.9 Å². The molecule has 0 aliphatic carbocycles. The van der Waals surface area contributed by atoms with Crippen LogP contribution in [-0.4, -0.2) is 51.6 Å². The van der Waals surface area contributed by atoms with Gasteiger partial charge in [-0.15, -0.1) is 0 Å². The van der Waals surface area contributed by atoms with Crippen molar-refractivity contribution in [3.63, 3.8) is 0 Å². The number of aliphatic hydroxyl groups is 1. The van der Waals surface area contributed by atoms with E-state index in [4.69, 9.17) is 5.11 Å². The summed E-state index contributed by atoms with van der Waals surface area (Å²) in [6.45, 7) is 1.42. The first-order chi connectivity index (χ1) is 9.29. The van der Waals surface area contributed by atoms with Crippen molar-refractivity contribution in [2.45, 2.75) is 31.7 Å². The van der Waals surface area contributed by atoms with Crippen LogP contribution in [0.25, 0.3) is 0 Å². The maximum absolute atomic E-state index is 11.9. The van der Waals surface area contributed by atoms with Crippen LogP contribution in [-0.2, 0) is 4.79 Å². The zero-order chi connectivity index (χ0) is 13.5. The minimum atomic E-state index is -0.101. The van der Waals surface area contributed by atoms with Crippen LogP contribution in [0.15, 0.2) is 18.5 Å². The topological polar surface area (TPSA) is 78.4 Å². The molecule has 1 aliphatic rings. The minimum Gasteiger partial charge on any atom is -0.396 e. The largest absolute Gasteiger partial charge is 0.396 e. The van der Waals surface area contributed by atoms with Gasteiger partial charge in [-0.3, -0.25) is 15.0 Å². The van der Waals surface area contributed by atoms with Crippen molar-refractivity contribution in [1.82, 2.24) is 14.9 Å². The van der Waals surface area contributed by atoms with Gasteiger partial charge in [0, 0.05) is 25.0 Å². The van der Waals surface area contributed by atoms with Gasteiger partial charge in [0.15, 0.2) is 0 Å². The highest BCUT2D eigenvalue weighted by Crippen LogP contribution is 2.19. The van der Waals surface area contributed by atoms with Crippen LogP contribution in [0, 0.1) is 0 Å². The minimum absolute atomic E-state index is 0.101. The Morgan fingerprint density at radius 3 is 2.95 bits per heavy atom. The van der Waals surface area contributed by atoms with E-state index in [2.05, 4.69) is 20.2 Å². The number of nitrogens with one attached hydrogen (secondary N) is 1. The number of rotatable bonds is 5. The second-order valence-corrected chi connectivity index (χ2v) is 4.75. The molecule has 6 nitrogen and oxygen atoms in total. The summed E-state index contributed by atoms with van der Waals surface area (Å²) in [4.78, 5) is 22.0. The molecule has 0 aromatic carbocycles. The standard InChI is InChI=1S/C13H20N4O2/c18-9-5-11-4-1-2-8-17(11)10-12(19)16-13-14-6-3-7-15-13/h3,6-7,11,18H,1-2,4-5,8-10H2,(H,14,15,16,19). The fourth-order valence-corrected chi connectivity index (χ4v) is 2.46. The van der Waals surface area contributed by atoms with Crippen molar-refractivity contribution < 1.29 is 9.90 Å². The van der Waals surface area contributed by atoms with E-state index in [0.29, 0.717) is 18.5 Å². The lowest BCUT2D eigenvalue weighted by Crippen LogP contribution is -2.44. The number of carbonyl (C=O) groups is 1. The second kappa shape index (κ2) is 7.16. The summed E-state index contributed by atoms with van der Waals surface area (Å²) in [6.07, 6.45) is 7.25. The average molecular weight is 264 g/mol. The van der Waals surface area contributed by atoms with Gasteiger partial charge in [0.05, 0.1) is 6.54 Å². The third-order valence-electron chi connectivity index (χ3n) is 3.38. The number of likely N-dealkylation sites (tertiary alicyclic amines) is 1. The number of anilines is 1. The van der Waals surface area contributed by atoms with Gasteiger partial charge in [0.1, 0.15) is 0 Å². The molecule has 2 N–H and O–H groups in total. The molecule has 1 unspecified atom stereocenters. The predicted molar refractivity (Wildman–Crippen MR) is 71.6 cm³/mol. The second-order valence-electron chi connectivity index (χ2n) is 4.75. The number of aliphatic hydroxyl groups excluding tert-OH is 1. The van der Waals surface area contributed by atoms with Gasteiger partial charge >= 0.3 is 0 Å². The van der Waals surface area contributed by atoms with Crippen molar-refractivity contribution in [2.24, 2.45) is 0 Å². The molecule has 0 spiro atoms. The molecule has 0 saturated carbocycles. The van der Waals surface area contributed by atoms with Gasteiger partial charge in [0.25, 0.3) is 0 Å². The lowest BCUT2D eigenvalue weighted by molar-refractivity contribution is -0.118. The number of carbonyl (C=O) groups excluding carboxylic acids is 1. The molecule has 1 amide bonds. The average Bonchev–Trinajstić information content (AvgIpc) is 2.42. The molecule has 104 valence electrons. The molecule has 0 radical (unpaired) electrons. The fraction of sp³-hybridized carbons (Fsp3) is 0.615. The predicted octanol–water partition coefficient (Wildman–Crippen LogP) is 0.652. The van der Waals surface area contributed by atoms with Crippen LogP contribution in [0.4, 0.5) is 5.95 Å². The maximum atomic E-state index is 11.9. The van der Waals surface area contributed by atoms with Crippen molar-refractivity contribution in [2.75, 3.05) is 25.0 Å². The van der Waals surface area contributed by atoms with E-state index in [1.165, 1.54) is 6.42 Å². The number of hydrogen-bond acceptors (Lipinski definition) is 5. The number of hydrogen-bond donors (Lipinski definition) is 2. The van der Waals surface area contributed by atoms with Gasteiger partial charge in [0.2, 0.25) is 11.9 Å². The summed E-state index contributed by atoms with van der Waals surface area (Å²) in [5.41, 5.74) is 0. The molecule has 2 heterocycles. The summed E-state index contributed by atoms with van der Waals surface area (Å²) in [7, 11) is 0. The summed E-state index contributed by atoms with van der Waals surface area (Å²) in [5, 5.41) is 11.7. The first kappa shape index (κ1) is 13.9. The van der Waals surface area contributed by atoms with Crippen molar-refractivity contribution in [3.8, 4) is 0 Å². The number of aromatic nitrogens is 2. The van der Waals surface area contributed by atoms with E-state index in [1.807, 2.05) is 0 Å². The Balaban J connectivity index is 1.86. The quantitative estimate of drug-likeness (QED) is 0.816. The van der Waals surface area contributed by atoms with Crippen LogP contribution >= 0.6 is 0 Å². The summed E-state index contributed by atoms with van der Waals surface area (Å²) >= 11 is 0. The van der Waals surface area contributed by atoms with Crippen LogP contribution < -0.4 is 5.32 Å². The molecule has 1 aliphatic heterocycles. The molecule has 6 heteroatoms. The Morgan fingerprint density at radius 1 is 1.42 bits per heavy atom. The zero-order valence-electron chi connectivity index (χ0n) is 11.0. The molecule has 1 aromatic rings. The van der Waals surface area contributed by atoms with Gasteiger partial charge in [-0.25, -0.2) is 9.97 Å². The summed E-state index contributed by atoms with van der Waals surface area (Å²) in [5.74, 6) is 0.235. The first-order valence-electron chi connectivity index (χ1n) is 6.71. The number of piperidine rings is 1. The molecule has 1 fully saturated rings. The molecule has 1 saturated heterocycles. The van der Waals surface area contributed by atoms with Crippen LogP contribution in [0.2, 0.25) is 0 Å². The lowest BCUT2D eigenvalue weighted by atomic mass is 10.00. The molecular formula is C13H20N4O2. The molecule has 19 heavy (non-hydrogen) atoms. The van der Waals surface area contributed by atoms with E-state index in [0.717, 1.165) is 25.8 Å². The highest BCUT2D eigenvalue weighted by Gasteiger charge is 2.23. The molecular weight excluding hydrogens is 244 g/mol. The van der Waals surface area contributed by atoms with E-state index in [1.54, 1.807) is 18.5 Å². The molecule has 2 rings (SSSR count). The van der Waals surface area contributed by atoms with Gasteiger partial charge in [-0.1, -0.05) is 6.42 Å². The SMILES string of the molecule is O=C(CN1CCCCC1CCO)Nc1ncccn1. The highest BCUT2D eigenvalue weighted by molar-refractivity contribution is 5.90. The van der Waals surface area contributed by atoms with E-state index in [-0.39, 0.29) is 12.5 Å². The third-order valence-corrected chi connectivity index (χ3v) is 3.38. The third kappa shape index (κ3) is 4.25. The monoisotopic (exact) mass is 264 g/mol. The molecule has 1 atom stereocenters. The molecule has 1 aromatic heterocycles. The molecule has 0 bridgehead atoms. The van der Waals surface area contributed by atoms with Gasteiger partial charge in [-0.2, -0.15) is 0 Å². The Labute approximate surface area is 112 Å². The van der Waals surface area contributed by atoms with E-state index >= 15 is 0 Å². The number of amides is 1. The first-order valence-corrected chi connectivity index (χ1v) is 6.71. The summed E-state index contributed by atoms with van der Waals surface area (Å²) < 4.78 is 0. The lowest BCUT2D eigenvalue weighted by Gasteiger charge is -2.34. The zero-order valence-corrected chi connectivity index (χ0v) is 11.0. The number of nitrogens with zero attached hydrogens (tertiary/aromatic N) is 3. The van der Waals surface area contributed by atoms with Gasteiger partial charge in [-0.05, 0) is 31.9 Å². The normalized spacial score (nSPS) is 20.2.